The van der Waals surface area contributed by atoms with Crippen molar-refractivity contribution in [1.29, 1.82) is 0 Å². The van der Waals surface area contributed by atoms with E-state index in [0.717, 1.165) is 28.8 Å². The van der Waals surface area contributed by atoms with Crippen molar-refractivity contribution in [3.8, 4) is 0 Å². The minimum Gasteiger partial charge on any atom is -0.361 e. The number of hydrogen-bond acceptors (Lipinski definition) is 2. The number of para-hydroxylation sites is 1. The summed E-state index contributed by atoms with van der Waals surface area (Å²) in [5.41, 5.74) is 4.16. The first-order valence-electron chi connectivity index (χ1n) is 9.27. The summed E-state index contributed by atoms with van der Waals surface area (Å²) in [6.07, 6.45) is 2.55. The van der Waals surface area contributed by atoms with E-state index < -0.39 is 0 Å². The van der Waals surface area contributed by atoms with Crippen LogP contribution in [0, 0.1) is 6.92 Å². The monoisotopic (exact) mass is 363 g/mol. The predicted octanol–water partition coefficient (Wildman–Crippen LogP) is 3.58. The van der Waals surface area contributed by atoms with Gasteiger partial charge < -0.3 is 15.2 Å². The number of carbonyl (C=O) groups excluding carboxylic acids is 2. The van der Waals surface area contributed by atoms with Crippen molar-refractivity contribution in [3.63, 3.8) is 0 Å². The van der Waals surface area contributed by atoms with Crippen molar-refractivity contribution in [2.24, 2.45) is 0 Å². The largest absolute Gasteiger partial charge is 0.361 e. The van der Waals surface area contributed by atoms with Crippen LogP contribution in [0.2, 0.25) is 0 Å². The lowest BCUT2D eigenvalue weighted by atomic mass is 10.1. The second-order valence-corrected chi connectivity index (χ2v) is 6.61. The minimum atomic E-state index is -0.244. The van der Waals surface area contributed by atoms with Crippen LogP contribution in [0.1, 0.15) is 24.5 Å². The Balaban J connectivity index is 1.53. The lowest BCUT2D eigenvalue weighted by Crippen LogP contribution is -2.36. The molecule has 0 saturated carbocycles. The molecule has 5 heteroatoms. The van der Waals surface area contributed by atoms with E-state index in [9.17, 15) is 9.59 Å². The number of nitrogens with zero attached hydrogens (tertiary/aromatic N) is 1. The van der Waals surface area contributed by atoms with Crippen molar-refractivity contribution in [2.45, 2.75) is 26.7 Å². The lowest BCUT2D eigenvalue weighted by molar-refractivity contribution is -0.127. The Labute approximate surface area is 159 Å². The Bertz CT molecular complexity index is 945. The molecule has 1 aromatic heterocycles. The average Bonchev–Trinajstić information content (AvgIpc) is 3.06. The van der Waals surface area contributed by atoms with E-state index >= 15 is 0 Å². The molecule has 0 bridgehead atoms. The molecule has 1 heterocycles. The van der Waals surface area contributed by atoms with Crippen molar-refractivity contribution < 1.29 is 9.59 Å². The fourth-order valence-corrected chi connectivity index (χ4v) is 3.27. The van der Waals surface area contributed by atoms with Crippen molar-refractivity contribution in [2.75, 3.05) is 18.0 Å². The van der Waals surface area contributed by atoms with Crippen LogP contribution in [0.25, 0.3) is 10.9 Å². The molecular weight excluding hydrogens is 338 g/mol. The Kier molecular flexibility index (Phi) is 5.91. The van der Waals surface area contributed by atoms with Gasteiger partial charge in [0.1, 0.15) is 6.42 Å². The van der Waals surface area contributed by atoms with Gasteiger partial charge in [0, 0.05) is 35.9 Å². The molecule has 0 radical (unpaired) electrons. The Hall–Kier alpha value is -3.08. The topological polar surface area (TPSA) is 65.2 Å². The molecule has 140 valence electrons. The van der Waals surface area contributed by atoms with Crippen LogP contribution in [0.15, 0.2) is 54.7 Å². The molecule has 0 spiro atoms. The standard InChI is InChI=1S/C22H25N3O2/c1-3-25(18-8-6-7-16(2)13-18)22(27)14-21(26)23-12-11-17-15-24-20-10-5-4-9-19(17)20/h4-10,13,15,24H,3,11-12,14H2,1-2H3,(H,23,26). The third kappa shape index (κ3) is 4.56. The van der Waals surface area contributed by atoms with E-state index in [0.29, 0.717) is 13.1 Å². The average molecular weight is 363 g/mol. The lowest BCUT2D eigenvalue weighted by Gasteiger charge is -2.21. The SMILES string of the molecule is CCN(C(=O)CC(=O)NCCc1c[nH]c2ccccc12)c1cccc(C)c1. The van der Waals surface area contributed by atoms with Crippen molar-refractivity contribution in [1.82, 2.24) is 10.3 Å². The minimum absolute atomic E-state index is 0.143. The van der Waals surface area contributed by atoms with Gasteiger partial charge in [-0.25, -0.2) is 0 Å². The highest BCUT2D eigenvalue weighted by atomic mass is 16.2. The van der Waals surface area contributed by atoms with Crippen LogP contribution >= 0.6 is 0 Å². The highest BCUT2D eigenvalue weighted by Crippen LogP contribution is 2.18. The molecule has 3 rings (SSSR count). The second-order valence-electron chi connectivity index (χ2n) is 6.61. The quantitative estimate of drug-likeness (QED) is 0.630. The number of nitrogens with one attached hydrogen (secondary N) is 2. The molecule has 2 aromatic carbocycles. The zero-order valence-electron chi connectivity index (χ0n) is 15.8. The van der Waals surface area contributed by atoms with Crippen LogP contribution in [-0.4, -0.2) is 29.9 Å². The first kappa shape index (κ1) is 18.7. The summed E-state index contributed by atoms with van der Waals surface area (Å²) in [4.78, 5) is 29.6. The van der Waals surface area contributed by atoms with Crippen LogP contribution in [-0.2, 0) is 16.0 Å². The van der Waals surface area contributed by atoms with E-state index in [1.807, 2.05) is 62.5 Å². The molecule has 2 N–H and O–H groups in total. The number of anilines is 1. The third-order valence-electron chi connectivity index (χ3n) is 4.63. The Morgan fingerprint density at radius 1 is 1.11 bits per heavy atom. The summed E-state index contributed by atoms with van der Waals surface area (Å²) >= 11 is 0. The van der Waals surface area contributed by atoms with E-state index in [1.54, 1.807) is 4.90 Å². The van der Waals surface area contributed by atoms with Gasteiger partial charge in [-0.2, -0.15) is 0 Å². The maximum Gasteiger partial charge on any atom is 0.236 e. The van der Waals surface area contributed by atoms with Gasteiger partial charge in [0.15, 0.2) is 0 Å². The van der Waals surface area contributed by atoms with Gasteiger partial charge in [0.2, 0.25) is 11.8 Å². The number of aromatic amines is 1. The molecule has 0 aliphatic carbocycles. The summed E-state index contributed by atoms with van der Waals surface area (Å²) in [7, 11) is 0. The maximum atomic E-state index is 12.5. The first-order chi connectivity index (χ1) is 13.1. The first-order valence-corrected chi connectivity index (χ1v) is 9.27. The highest BCUT2D eigenvalue weighted by molar-refractivity contribution is 6.05. The van der Waals surface area contributed by atoms with Crippen LogP contribution < -0.4 is 10.2 Å². The number of H-pyrrole nitrogens is 1. The van der Waals surface area contributed by atoms with Gasteiger partial charge in [-0.3, -0.25) is 9.59 Å². The molecule has 0 saturated heterocycles. The highest BCUT2D eigenvalue weighted by Gasteiger charge is 2.17. The molecule has 2 amide bonds. The van der Waals surface area contributed by atoms with E-state index in [2.05, 4.69) is 16.4 Å². The van der Waals surface area contributed by atoms with E-state index in [1.165, 1.54) is 5.39 Å². The van der Waals surface area contributed by atoms with Gasteiger partial charge in [-0.1, -0.05) is 30.3 Å². The number of benzene rings is 2. The number of aryl methyl sites for hydroxylation is 1. The molecular formula is C22H25N3O2. The van der Waals surface area contributed by atoms with Gasteiger partial charge >= 0.3 is 0 Å². The zero-order chi connectivity index (χ0) is 19.2. The summed E-state index contributed by atoms with van der Waals surface area (Å²) in [5, 5.41) is 4.02. The Morgan fingerprint density at radius 3 is 2.70 bits per heavy atom. The van der Waals surface area contributed by atoms with E-state index in [4.69, 9.17) is 0 Å². The molecule has 3 aromatic rings. The van der Waals surface area contributed by atoms with Gasteiger partial charge in [-0.15, -0.1) is 0 Å². The van der Waals surface area contributed by atoms with Gasteiger partial charge in [0.05, 0.1) is 0 Å². The Morgan fingerprint density at radius 2 is 1.93 bits per heavy atom. The molecule has 0 atom stereocenters. The number of aromatic nitrogens is 1. The number of carbonyl (C=O) groups is 2. The zero-order valence-corrected chi connectivity index (χ0v) is 15.8. The van der Waals surface area contributed by atoms with Crippen molar-refractivity contribution in [3.05, 3.63) is 65.9 Å². The smallest absolute Gasteiger partial charge is 0.236 e. The number of rotatable bonds is 7. The molecule has 0 aliphatic heterocycles. The molecule has 0 fully saturated rings. The third-order valence-corrected chi connectivity index (χ3v) is 4.63. The number of hydrogen-bond donors (Lipinski definition) is 2. The molecule has 0 aliphatic rings. The van der Waals surface area contributed by atoms with Gasteiger partial charge in [-0.05, 0) is 49.6 Å². The predicted molar refractivity (Wildman–Crippen MR) is 109 cm³/mol. The summed E-state index contributed by atoms with van der Waals surface area (Å²) in [5.74, 6) is -0.432. The normalized spacial score (nSPS) is 10.7. The van der Waals surface area contributed by atoms with Crippen molar-refractivity contribution >= 4 is 28.4 Å². The molecule has 0 unspecified atom stereocenters. The number of amides is 2. The molecule has 27 heavy (non-hydrogen) atoms. The number of fused-ring (bicyclic) bond motifs is 1. The summed E-state index contributed by atoms with van der Waals surface area (Å²) in [6.45, 7) is 4.93. The fraction of sp³-hybridized carbons (Fsp3) is 0.273. The fourth-order valence-electron chi connectivity index (χ4n) is 3.27. The maximum absolute atomic E-state index is 12.5. The summed E-state index contributed by atoms with van der Waals surface area (Å²) < 4.78 is 0. The van der Waals surface area contributed by atoms with Crippen LogP contribution in [0.4, 0.5) is 5.69 Å². The second kappa shape index (κ2) is 8.54. The summed E-state index contributed by atoms with van der Waals surface area (Å²) in [6, 6.07) is 15.8. The van der Waals surface area contributed by atoms with Crippen LogP contribution in [0.5, 0.6) is 0 Å². The van der Waals surface area contributed by atoms with Gasteiger partial charge in [0.25, 0.3) is 0 Å². The molecule has 5 nitrogen and oxygen atoms in total. The van der Waals surface area contributed by atoms with Crippen LogP contribution in [0.3, 0.4) is 0 Å². The van der Waals surface area contributed by atoms with E-state index in [-0.39, 0.29) is 18.2 Å².